The molecule has 2 amide bonds. The number of amides is 2. The minimum Gasteiger partial charge on any atom is -0.339 e. The third-order valence-electron chi connectivity index (χ3n) is 4.51. The molecule has 22 heavy (non-hydrogen) atoms. The third kappa shape index (κ3) is 3.08. The van der Waals surface area contributed by atoms with Crippen LogP contribution in [0.25, 0.3) is 0 Å². The molecule has 0 N–H and O–H groups in total. The van der Waals surface area contributed by atoms with Gasteiger partial charge in [0.1, 0.15) is 0 Å². The Kier molecular flexibility index (Phi) is 4.33. The maximum Gasteiger partial charge on any atom is 0.226 e. The Balaban J connectivity index is 1.60. The Labute approximate surface area is 140 Å². The first kappa shape index (κ1) is 15.6. The summed E-state index contributed by atoms with van der Waals surface area (Å²) in [5.74, 6) is 0.467. The Morgan fingerprint density at radius 3 is 2.32 bits per heavy atom. The molecule has 1 saturated carbocycles. The van der Waals surface area contributed by atoms with Crippen molar-refractivity contribution in [2.24, 2.45) is 5.92 Å². The highest BCUT2D eigenvalue weighted by atomic mass is 35.5. The predicted molar refractivity (Wildman–Crippen MR) is 86.1 cm³/mol. The number of nitrogens with zero attached hydrogens (tertiary/aromatic N) is 2. The Hall–Kier alpha value is -1.26. The number of halogens is 2. The highest BCUT2D eigenvalue weighted by Gasteiger charge is 2.46. The monoisotopic (exact) mass is 340 g/mol. The fraction of sp³-hybridized carbons (Fsp3) is 0.500. The van der Waals surface area contributed by atoms with E-state index in [4.69, 9.17) is 23.2 Å². The molecule has 1 saturated heterocycles. The minimum absolute atomic E-state index is 0.0163. The molecule has 4 nitrogen and oxygen atoms in total. The molecule has 1 aromatic carbocycles. The number of carbonyl (C=O) groups is 2. The lowest BCUT2D eigenvalue weighted by Crippen LogP contribution is -2.50. The van der Waals surface area contributed by atoms with E-state index in [-0.39, 0.29) is 23.7 Å². The number of piperazine rings is 1. The summed E-state index contributed by atoms with van der Waals surface area (Å²) in [7, 11) is 0. The molecule has 2 fully saturated rings. The standard InChI is InChI=1S/C16H18Cl2N2O2/c1-10(21)19-4-6-20(7-5-19)16(22)14-9-13(14)12-3-2-11(17)8-15(12)18/h2-3,8,13-14H,4-7,9H2,1H3/t13-,14+/m1/s1. The van der Waals surface area contributed by atoms with Crippen molar-refractivity contribution < 1.29 is 9.59 Å². The molecule has 3 rings (SSSR count). The van der Waals surface area contributed by atoms with Crippen LogP contribution in [0.4, 0.5) is 0 Å². The topological polar surface area (TPSA) is 40.6 Å². The van der Waals surface area contributed by atoms with Gasteiger partial charge >= 0.3 is 0 Å². The van der Waals surface area contributed by atoms with E-state index in [2.05, 4.69) is 0 Å². The van der Waals surface area contributed by atoms with E-state index in [1.54, 1.807) is 17.9 Å². The zero-order chi connectivity index (χ0) is 15.9. The van der Waals surface area contributed by atoms with Gasteiger partial charge in [0.05, 0.1) is 0 Å². The Morgan fingerprint density at radius 2 is 1.73 bits per heavy atom. The molecule has 2 atom stereocenters. The van der Waals surface area contributed by atoms with Gasteiger partial charge in [-0.3, -0.25) is 9.59 Å². The van der Waals surface area contributed by atoms with Crippen LogP contribution in [0.15, 0.2) is 18.2 Å². The number of rotatable bonds is 2. The third-order valence-corrected chi connectivity index (χ3v) is 5.07. The van der Waals surface area contributed by atoms with E-state index in [9.17, 15) is 9.59 Å². The molecule has 0 aromatic heterocycles. The van der Waals surface area contributed by atoms with Crippen molar-refractivity contribution in [2.75, 3.05) is 26.2 Å². The van der Waals surface area contributed by atoms with Crippen LogP contribution in [-0.4, -0.2) is 47.8 Å². The molecule has 0 bridgehead atoms. The zero-order valence-corrected chi connectivity index (χ0v) is 13.9. The van der Waals surface area contributed by atoms with E-state index in [1.165, 1.54) is 0 Å². The fourth-order valence-electron chi connectivity index (χ4n) is 3.09. The minimum atomic E-state index is 0.0163. The van der Waals surface area contributed by atoms with Gasteiger partial charge in [-0.25, -0.2) is 0 Å². The van der Waals surface area contributed by atoms with Crippen molar-refractivity contribution in [1.29, 1.82) is 0 Å². The van der Waals surface area contributed by atoms with Gasteiger partial charge in [0.2, 0.25) is 11.8 Å². The van der Waals surface area contributed by atoms with Crippen LogP contribution in [-0.2, 0) is 9.59 Å². The van der Waals surface area contributed by atoms with Crippen LogP contribution in [0.5, 0.6) is 0 Å². The van der Waals surface area contributed by atoms with Gasteiger partial charge in [0, 0.05) is 49.1 Å². The van der Waals surface area contributed by atoms with Crippen LogP contribution in [0.3, 0.4) is 0 Å². The normalized spacial score (nSPS) is 24.3. The van der Waals surface area contributed by atoms with E-state index in [1.807, 2.05) is 17.0 Å². The van der Waals surface area contributed by atoms with Crippen LogP contribution in [0.1, 0.15) is 24.8 Å². The van der Waals surface area contributed by atoms with Gasteiger partial charge in [-0.2, -0.15) is 0 Å². The zero-order valence-electron chi connectivity index (χ0n) is 12.4. The van der Waals surface area contributed by atoms with Crippen molar-refractivity contribution in [2.45, 2.75) is 19.3 Å². The molecule has 2 aliphatic rings. The number of hydrogen-bond donors (Lipinski definition) is 0. The van der Waals surface area contributed by atoms with Gasteiger partial charge in [0.25, 0.3) is 0 Å². The Bertz CT molecular complexity index is 612. The molecule has 0 spiro atoms. The van der Waals surface area contributed by atoms with Crippen molar-refractivity contribution in [3.8, 4) is 0 Å². The maximum absolute atomic E-state index is 12.6. The molecule has 118 valence electrons. The molecule has 1 aromatic rings. The number of carbonyl (C=O) groups excluding carboxylic acids is 2. The molecule has 1 heterocycles. The smallest absolute Gasteiger partial charge is 0.226 e. The van der Waals surface area contributed by atoms with Gasteiger partial charge in [-0.05, 0) is 30.0 Å². The second kappa shape index (κ2) is 6.09. The molecule has 1 aliphatic heterocycles. The summed E-state index contributed by atoms with van der Waals surface area (Å²) in [5.41, 5.74) is 1.01. The Morgan fingerprint density at radius 1 is 1.09 bits per heavy atom. The molecule has 1 aliphatic carbocycles. The van der Waals surface area contributed by atoms with Crippen molar-refractivity contribution in [1.82, 2.24) is 9.80 Å². The molecule has 0 unspecified atom stereocenters. The van der Waals surface area contributed by atoms with Gasteiger partial charge < -0.3 is 9.80 Å². The summed E-state index contributed by atoms with van der Waals surface area (Å²) in [4.78, 5) is 27.5. The predicted octanol–water partition coefficient (Wildman–Crippen LogP) is 2.79. The maximum atomic E-state index is 12.6. The molecule has 0 radical (unpaired) electrons. The molecule has 6 heteroatoms. The average Bonchev–Trinajstić information content (AvgIpc) is 3.27. The highest BCUT2D eigenvalue weighted by Crippen LogP contribution is 2.50. The number of hydrogen-bond acceptors (Lipinski definition) is 2. The van der Waals surface area contributed by atoms with E-state index in [0.29, 0.717) is 36.2 Å². The largest absolute Gasteiger partial charge is 0.339 e. The lowest BCUT2D eigenvalue weighted by atomic mass is 10.1. The SMILES string of the molecule is CC(=O)N1CCN(C(=O)[C@H]2C[C@@H]2c2ccc(Cl)cc2Cl)CC1. The van der Waals surface area contributed by atoms with Gasteiger partial charge in [-0.1, -0.05) is 29.3 Å². The van der Waals surface area contributed by atoms with Gasteiger partial charge in [0.15, 0.2) is 0 Å². The quantitative estimate of drug-likeness (QED) is 0.830. The van der Waals surface area contributed by atoms with Crippen molar-refractivity contribution >= 4 is 35.0 Å². The summed E-state index contributed by atoms with van der Waals surface area (Å²) in [6, 6.07) is 5.45. The van der Waals surface area contributed by atoms with Gasteiger partial charge in [-0.15, -0.1) is 0 Å². The summed E-state index contributed by atoms with van der Waals surface area (Å²) in [5, 5.41) is 1.24. The first-order valence-corrected chi connectivity index (χ1v) is 8.22. The van der Waals surface area contributed by atoms with E-state index in [0.717, 1.165) is 12.0 Å². The molecular formula is C16H18Cl2N2O2. The lowest BCUT2D eigenvalue weighted by Gasteiger charge is -2.34. The highest BCUT2D eigenvalue weighted by molar-refractivity contribution is 6.35. The first-order chi connectivity index (χ1) is 10.5. The molecular weight excluding hydrogens is 323 g/mol. The van der Waals surface area contributed by atoms with E-state index >= 15 is 0 Å². The summed E-state index contributed by atoms with van der Waals surface area (Å²) in [6.07, 6.45) is 0.840. The van der Waals surface area contributed by atoms with Crippen LogP contribution in [0, 0.1) is 5.92 Å². The summed E-state index contributed by atoms with van der Waals surface area (Å²) >= 11 is 12.1. The second-order valence-electron chi connectivity index (χ2n) is 5.95. The lowest BCUT2D eigenvalue weighted by molar-refractivity contribution is -0.139. The van der Waals surface area contributed by atoms with Crippen LogP contribution < -0.4 is 0 Å². The average molecular weight is 341 g/mol. The van der Waals surface area contributed by atoms with Crippen LogP contribution >= 0.6 is 23.2 Å². The summed E-state index contributed by atoms with van der Waals surface area (Å²) in [6.45, 7) is 4.06. The van der Waals surface area contributed by atoms with Crippen molar-refractivity contribution in [3.05, 3.63) is 33.8 Å². The van der Waals surface area contributed by atoms with Crippen LogP contribution in [0.2, 0.25) is 10.0 Å². The fourth-order valence-corrected chi connectivity index (χ4v) is 3.64. The summed E-state index contributed by atoms with van der Waals surface area (Å²) < 4.78 is 0. The van der Waals surface area contributed by atoms with E-state index < -0.39 is 0 Å². The first-order valence-electron chi connectivity index (χ1n) is 7.46. The van der Waals surface area contributed by atoms with Crippen molar-refractivity contribution in [3.63, 3.8) is 0 Å². The number of benzene rings is 1. The second-order valence-corrected chi connectivity index (χ2v) is 6.79.